The minimum absolute atomic E-state index is 0.214. The number of nitrogens with one attached hydrogen (secondary N) is 1. The van der Waals surface area contributed by atoms with Crippen LogP contribution >= 0.6 is 0 Å². The van der Waals surface area contributed by atoms with Gasteiger partial charge in [-0.25, -0.2) is 0 Å². The van der Waals surface area contributed by atoms with Crippen LogP contribution in [-0.2, 0) is 12.0 Å². The Labute approximate surface area is 127 Å². The number of aliphatic hydroxyl groups is 1. The number of aryl methyl sites for hydroxylation is 1. The van der Waals surface area contributed by atoms with Crippen molar-refractivity contribution in [2.45, 2.75) is 38.8 Å². The van der Waals surface area contributed by atoms with Gasteiger partial charge in [0.25, 0.3) is 0 Å². The lowest BCUT2D eigenvalue weighted by Gasteiger charge is -2.26. The Morgan fingerprint density at radius 3 is 2.24 bits per heavy atom. The molecule has 0 heterocycles. The largest absolute Gasteiger partial charge is 0.384 e. The molecule has 0 radical (unpaired) electrons. The topological polar surface area (TPSA) is 32.3 Å². The van der Waals surface area contributed by atoms with E-state index in [4.69, 9.17) is 0 Å². The summed E-state index contributed by atoms with van der Waals surface area (Å²) in [5, 5.41) is 14.0. The van der Waals surface area contributed by atoms with Gasteiger partial charge in [0.15, 0.2) is 0 Å². The van der Waals surface area contributed by atoms with Crippen LogP contribution in [0.2, 0.25) is 0 Å². The van der Waals surface area contributed by atoms with Crippen LogP contribution < -0.4 is 5.32 Å². The molecule has 0 aliphatic rings. The first kappa shape index (κ1) is 15.7. The Hall–Kier alpha value is -1.64. The van der Waals surface area contributed by atoms with Gasteiger partial charge in [-0.3, -0.25) is 0 Å². The van der Waals surface area contributed by atoms with Crippen molar-refractivity contribution in [2.75, 3.05) is 6.54 Å². The number of hydrogen-bond donors (Lipinski definition) is 2. The Morgan fingerprint density at radius 1 is 1.05 bits per heavy atom. The summed E-state index contributed by atoms with van der Waals surface area (Å²) in [5.41, 5.74) is 2.67. The van der Waals surface area contributed by atoms with Crippen LogP contribution in [-0.4, -0.2) is 11.7 Å². The second-order valence-electron chi connectivity index (χ2n) is 5.84. The lowest BCUT2D eigenvalue weighted by Crippen LogP contribution is -2.36. The van der Waals surface area contributed by atoms with Gasteiger partial charge in [-0.05, 0) is 37.0 Å². The highest BCUT2D eigenvalue weighted by molar-refractivity contribution is 5.25. The lowest BCUT2D eigenvalue weighted by atomic mass is 9.95. The smallest absolute Gasteiger partial charge is 0.0992 e. The van der Waals surface area contributed by atoms with E-state index in [2.05, 4.69) is 43.4 Å². The Kier molecular flexibility index (Phi) is 5.16. The quantitative estimate of drug-likeness (QED) is 0.845. The van der Waals surface area contributed by atoms with Crippen LogP contribution in [0, 0.1) is 0 Å². The van der Waals surface area contributed by atoms with E-state index in [1.807, 2.05) is 37.3 Å². The Bertz CT molecular complexity index is 546. The Morgan fingerprint density at radius 2 is 1.67 bits per heavy atom. The van der Waals surface area contributed by atoms with Crippen molar-refractivity contribution in [1.82, 2.24) is 5.32 Å². The van der Waals surface area contributed by atoms with Crippen molar-refractivity contribution < 1.29 is 5.11 Å². The molecule has 2 heteroatoms. The molecule has 0 amide bonds. The maximum atomic E-state index is 10.6. The van der Waals surface area contributed by atoms with Crippen LogP contribution in [0.1, 0.15) is 43.5 Å². The average molecular weight is 283 g/mol. The summed E-state index contributed by atoms with van der Waals surface area (Å²) in [6.45, 7) is 6.66. The first-order chi connectivity index (χ1) is 10.0. The van der Waals surface area contributed by atoms with E-state index in [1.165, 1.54) is 11.1 Å². The predicted octanol–water partition coefficient (Wildman–Crippen LogP) is 3.81. The van der Waals surface area contributed by atoms with Gasteiger partial charge in [0.05, 0.1) is 5.60 Å². The third-order valence-corrected chi connectivity index (χ3v) is 4.04. The van der Waals surface area contributed by atoms with E-state index in [1.54, 1.807) is 0 Å². The maximum absolute atomic E-state index is 10.6. The molecule has 2 N–H and O–H groups in total. The molecule has 2 aromatic carbocycles. The number of rotatable bonds is 6. The van der Waals surface area contributed by atoms with Gasteiger partial charge in [0, 0.05) is 12.6 Å². The fourth-order valence-corrected chi connectivity index (χ4v) is 2.41. The van der Waals surface area contributed by atoms with E-state index < -0.39 is 5.60 Å². The van der Waals surface area contributed by atoms with Crippen LogP contribution in [0.3, 0.4) is 0 Å². The highest BCUT2D eigenvalue weighted by Gasteiger charge is 2.23. The highest BCUT2D eigenvalue weighted by Crippen LogP contribution is 2.21. The highest BCUT2D eigenvalue weighted by atomic mass is 16.3. The monoisotopic (exact) mass is 283 g/mol. The van der Waals surface area contributed by atoms with Crippen molar-refractivity contribution >= 4 is 0 Å². The molecule has 2 unspecified atom stereocenters. The van der Waals surface area contributed by atoms with Gasteiger partial charge in [-0.2, -0.15) is 0 Å². The molecule has 0 fully saturated rings. The molecule has 0 aliphatic heterocycles. The van der Waals surface area contributed by atoms with Crippen LogP contribution in [0.15, 0.2) is 54.6 Å². The molecule has 0 spiro atoms. The molecule has 21 heavy (non-hydrogen) atoms. The zero-order valence-corrected chi connectivity index (χ0v) is 13.1. The summed E-state index contributed by atoms with van der Waals surface area (Å²) in [4.78, 5) is 0. The standard InChI is InChI=1S/C19H25NO/c1-4-16-10-12-17(13-11-16)15(2)20-14-19(3,21)18-8-6-5-7-9-18/h5-13,15,20-21H,4,14H2,1-3H3. The third-order valence-electron chi connectivity index (χ3n) is 4.04. The van der Waals surface area contributed by atoms with Crippen molar-refractivity contribution in [3.63, 3.8) is 0 Å². The molecule has 112 valence electrons. The molecule has 2 nitrogen and oxygen atoms in total. The first-order valence-corrected chi connectivity index (χ1v) is 7.63. The summed E-state index contributed by atoms with van der Waals surface area (Å²) >= 11 is 0. The lowest BCUT2D eigenvalue weighted by molar-refractivity contribution is 0.0543. The average Bonchev–Trinajstić information content (AvgIpc) is 2.53. The summed E-state index contributed by atoms with van der Waals surface area (Å²) < 4.78 is 0. The number of hydrogen-bond acceptors (Lipinski definition) is 2. The van der Waals surface area contributed by atoms with Crippen LogP contribution in [0.25, 0.3) is 0 Å². The first-order valence-electron chi connectivity index (χ1n) is 7.63. The minimum Gasteiger partial charge on any atom is -0.384 e. The third kappa shape index (κ3) is 4.16. The van der Waals surface area contributed by atoms with E-state index in [9.17, 15) is 5.11 Å². The van der Waals surface area contributed by atoms with E-state index in [0.29, 0.717) is 6.54 Å². The van der Waals surface area contributed by atoms with Gasteiger partial charge in [-0.15, -0.1) is 0 Å². The second kappa shape index (κ2) is 6.88. The molecule has 2 rings (SSSR count). The maximum Gasteiger partial charge on any atom is 0.0992 e. The van der Waals surface area contributed by atoms with Gasteiger partial charge >= 0.3 is 0 Å². The predicted molar refractivity (Wildman–Crippen MR) is 88.3 cm³/mol. The molecule has 0 aliphatic carbocycles. The van der Waals surface area contributed by atoms with Gasteiger partial charge in [0.1, 0.15) is 0 Å². The van der Waals surface area contributed by atoms with Crippen molar-refractivity contribution in [3.8, 4) is 0 Å². The van der Waals surface area contributed by atoms with Crippen LogP contribution in [0.5, 0.6) is 0 Å². The van der Waals surface area contributed by atoms with E-state index >= 15 is 0 Å². The molecule has 0 saturated carbocycles. The van der Waals surface area contributed by atoms with Crippen molar-refractivity contribution in [1.29, 1.82) is 0 Å². The summed E-state index contributed by atoms with van der Waals surface area (Å²) in [6.07, 6.45) is 1.06. The SMILES string of the molecule is CCc1ccc(C(C)NCC(C)(O)c2ccccc2)cc1. The van der Waals surface area contributed by atoms with E-state index in [0.717, 1.165) is 12.0 Å². The van der Waals surface area contributed by atoms with E-state index in [-0.39, 0.29) is 6.04 Å². The minimum atomic E-state index is -0.862. The summed E-state index contributed by atoms with van der Waals surface area (Å²) in [6, 6.07) is 18.7. The van der Waals surface area contributed by atoms with Gasteiger partial charge in [-0.1, -0.05) is 61.5 Å². The van der Waals surface area contributed by atoms with Crippen molar-refractivity contribution in [3.05, 3.63) is 71.3 Å². The van der Waals surface area contributed by atoms with Crippen molar-refractivity contribution in [2.24, 2.45) is 0 Å². The molecule has 0 bridgehead atoms. The zero-order valence-electron chi connectivity index (χ0n) is 13.1. The number of benzene rings is 2. The normalized spacial score (nSPS) is 15.4. The molecule has 0 saturated heterocycles. The molecule has 2 aromatic rings. The molecule has 2 atom stereocenters. The van der Waals surface area contributed by atoms with Gasteiger partial charge in [0.2, 0.25) is 0 Å². The second-order valence-corrected chi connectivity index (χ2v) is 5.84. The summed E-state index contributed by atoms with van der Waals surface area (Å²) in [5.74, 6) is 0. The molecular formula is C19H25NO. The molecular weight excluding hydrogens is 258 g/mol. The fourth-order valence-electron chi connectivity index (χ4n) is 2.41. The summed E-state index contributed by atoms with van der Waals surface area (Å²) in [7, 11) is 0. The van der Waals surface area contributed by atoms with Crippen LogP contribution in [0.4, 0.5) is 0 Å². The molecule has 0 aromatic heterocycles. The van der Waals surface area contributed by atoms with Gasteiger partial charge < -0.3 is 10.4 Å². The fraction of sp³-hybridized carbons (Fsp3) is 0.368. The Balaban J connectivity index is 1.98. The zero-order chi connectivity index (χ0) is 15.3.